The molecule has 0 aromatic carbocycles. The van der Waals surface area contributed by atoms with Crippen LogP contribution in [0, 0.1) is 5.41 Å². The Morgan fingerprint density at radius 2 is 1.94 bits per heavy atom. The fraction of sp³-hybridized carbons (Fsp3) is 0.923. The second kappa shape index (κ2) is 8.48. The molecule has 102 valence electrons. The minimum absolute atomic E-state index is 0.138. The lowest BCUT2D eigenvalue weighted by Crippen LogP contribution is -2.25. The normalized spacial score (nSPS) is 11.9. The Bertz CT molecular complexity index is 217. The molecule has 2 N–H and O–H groups in total. The first-order chi connectivity index (χ1) is 7.91. The summed E-state index contributed by atoms with van der Waals surface area (Å²) in [5.41, 5.74) is 5.94. The van der Waals surface area contributed by atoms with Crippen LogP contribution in [0.1, 0.15) is 39.5 Å². The van der Waals surface area contributed by atoms with Crippen molar-refractivity contribution in [3.8, 4) is 0 Å². The van der Waals surface area contributed by atoms with Gasteiger partial charge in [-0.25, -0.2) is 0 Å². The lowest BCUT2D eigenvalue weighted by Gasteiger charge is -2.23. The van der Waals surface area contributed by atoms with Gasteiger partial charge in [-0.2, -0.15) is 0 Å². The van der Waals surface area contributed by atoms with Gasteiger partial charge in [-0.1, -0.05) is 20.3 Å². The topological polar surface area (TPSA) is 55.6 Å². The summed E-state index contributed by atoms with van der Waals surface area (Å²) in [6, 6.07) is 0. The van der Waals surface area contributed by atoms with E-state index in [-0.39, 0.29) is 11.4 Å². The molecule has 0 rings (SSSR count). The molecule has 0 saturated heterocycles. The number of esters is 1. The second-order valence-electron chi connectivity index (χ2n) is 5.45. The first kappa shape index (κ1) is 16.4. The molecule has 0 aliphatic carbocycles. The Hall–Kier alpha value is -0.610. The van der Waals surface area contributed by atoms with Gasteiger partial charge in [0.05, 0.1) is 13.5 Å². The molecule has 0 saturated carbocycles. The number of carbonyl (C=O) groups is 1. The van der Waals surface area contributed by atoms with Gasteiger partial charge in [0.25, 0.3) is 0 Å². The van der Waals surface area contributed by atoms with E-state index in [1.54, 1.807) is 0 Å². The molecular weight excluding hydrogens is 216 g/mol. The first-order valence-corrected chi connectivity index (χ1v) is 6.37. The van der Waals surface area contributed by atoms with Crippen LogP contribution in [-0.2, 0) is 9.53 Å². The van der Waals surface area contributed by atoms with Crippen LogP contribution in [0.2, 0.25) is 0 Å². The summed E-state index contributed by atoms with van der Waals surface area (Å²) in [6.45, 7) is 6.94. The summed E-state index contributed by atoms with van der Waals surface area (Å²) in [4.78, 5) is 13.1. The van der Waals surface area contributed by atoms with Gasteiger partial charge in [0.1, 0.15) is 0 Å². The summed E-state index contributed by atoms with van der Waals surface area (Å²) < 4.78 is 4.61. The van der Waals surface area contributed by atoms with Gasteiger partial charge in [0.15, 0.2) is 0 Å². The number of nitrogens with zero attached hydrogens (tertiary/aromatic N) is 1. The van der Waals surface area contributed by atoms with Gasteiger partial charge in [0.2, 0.25) is 0 Å². The number of ether oxygens (including phenoxy) is 1. The minimum atomic E-state index is -0.138. The molecule has 0 aromatic rings. The molecule has 0 aromatic heterocycles. The van der Waals surface area contributed by atoms with Crippen LogP contribution in [0.25, 0.3) is 0 Å². The molecule has 0 heterocycles. The number of unbranched alkanes of at least 4 members (excludes halogenated alkanes) is 1. The van der Waals surface area contributed by atoms with E-state index in [4.69, 9.17) is 5.73 Å². The SMILES string of the molecule is COC(=O)CCN(C)CCCCC(C)(C)CN. The lowest BCUT2D eigenvalue weighted by atomic mass is 9.87. The smallest absolute Gasteiger partial charge is 0.306 e. The van der Waals surface area contributed by atoms with Gasteiger partial charge in [0, 0.05) is 6.54 Å². The Kier molecular flexibility index (Phi) is 8.17. The van der Waals surface area contributed by atoms with E-state index in [1.807, 2.05) is 7.05 Å². The highest BCUT2D eigenvalue weighted by molar-refractivity contribution is 5.69. The van der Waals surface area contributed by atoms with Gasteiger partial charge >= 0.3 is 5.97 Å². The van der Waals surface area contributed by atoms with E-state index in [1.165, 1.54) is 13.5 Å². The van der Waals surface area contributed by atoms with E-state index < -0.39 is 0 Å². The first-order valence-electron chi connectivity index (χ1n) is 6.37. The van der Waals surface area contributed by atoms with Crippen LogP contribution in [0.4, 0.5) is 0 Å². The quantitative estimate of drug-likeness (QED) is 0.495. The molecule has 0 atom stereocenters. The molecule has 4 nitrogen and oxygen atoms in total. The van der Waals surface area contributed by atoms with E-state index in [9.17, 15) is 4.79 Å². The van der Waals surface area contributed by atoms with E-state index in [2.05, 4.69) is 23.5 Å². The maximum atomic E-state index is 11.0. The Labute approximate surface area is 105 Å². The zero-order valence-electron chi connectivity index (χ0n) is 11.8. The monoisotopic (exact) mass is 244 g/mol. The van der Waals surface area contributed by atoms with E-state index in [0.29, 0.717) is 6.42 Å². The molecule has 0 bridgehead atoms. The largest absolute Gasteiger partial charge is 0.469 e. The minimum Gasteiger partial charge on any atom is -0.469 e. The average molecular weight is 244 g/mol. The van der Waals surface area contributed by atoms with Gasteiger partial charge in [-0.15, -0.1) is 0 Å². The number of nitrogens with two attached hydrogens (primary N) is 1. The van der Waals surface area contributed by atoms with Gasteiger partial charge in [-0.05, 0) is 38.4 Å². The fourth-order valence-corrected chi connectivity index (χ4v) is 1.58. The third-order valence-electron chi connectivity index (χ3n) is 3.12. The number of carbonyl (C=O) groups excluding carboxylic acids is 1. The standard InChI is InChI=1S/C13H28N2O2/c1-13(2,11-14)8-5-6-9-15(3)10-7-12(16)17-4/h5-11,14H2,1-4H3. The highest BCUT2D eigenvalue weighted by Crippen LogP contribution is 2.21. The average Bonchev–Trinajstić information content (AvgIpc) is 2.31. The van der Waals surface area contributed by atoms with Crippen molar-refractivity contribution in [3.63, 3.8) is 0 Å². The maximum absolute atomic E-state index is 11.0. The predicted molar refractivity (Wildman–Crippen MR) is 70.8 cm³/mol. The van der Waals surface area contributed by atoms with Crippen LogP contribution in [0.3, 0.4) is 0 Å². The Morgan fingerprint density at radius 3 is 2.47 bits per heavy atom. The molecule has 4 heteroatoms. The van der Waals surface area contributed by atoms with Crippen LogP contribution in [0.15, 0.2) is 0 Å². The van der Waals surface area contributed by atoms with E-state index in [0.717, 1.165) is 32.5 Å². The zero-order chi connectivity index (χ0) is 13.3. The van der Waals surface area contributed by atoms with Crippen molar-refractivity contribution >= 4 is 5.97 Å². The molecular formula is C13H28N2O2. The number of hydrogen-bond donors (Lipinski definition) is 1. The fourth-order valence-electron chi connectivity index (χ4n) is 1.58. The van der Waals surface area contributed by atoms with Crippen molar-refractivity contribution in [3.05, 3.63) is 0 Å². The molecule has 0 radical (unpaired) electrons. The summed E-state index contributed by atoms with van der Waals surface area (Å²) in [5, 5.41) is 0. The van der Waals surface area contributed by atoms with Crippen molar-refractivity contribution in [2.45, 2.75) is 39.5 Å². The van der Waals surface area contributed by atoms with Crippen LogP contribution in [-0.4, -0.2) is 44.7 Å². The highest BCUT2D eigenvalue weighted by Gasteiger charge is 2.14. The van der Waals surface area contributed by atoms with Crippen molar-refractivity contribution in [2.75, 3.05) is 33.8 Å². The third-order valence-corrected chi connectivity index (χ3v) is 3.12. The predicted octanol–water partition coefficient (Wildman–Crippen LogP) is 1.64. The molecule has 0 unspecified atom stereocenters. The molecule has 0 fully saturated rings. The van der Waals surface area contributed by atoms with Crippen molar-refractivity contribution in [1.82, 2.24) is 4.90 Å². The summed E-state index contributed by atoms with van der Waals surface area (Å²) in [5.74, 6) is -0.138. The number of methoxy groups -OCH3 is 1. The van der Waals surface area contributed by atoms with Gasteiger partial charge < -0.3 is 15.4 Å². The van der Waals surface area contributed by atoms with Crippen LogP contribution in [0.5, 0.6) is 0 Å². The maximum Gasteiger partial charge on any atom is 0.306 e. The Balaban J connectivity index is 3.51. The second-order valence-corrected chi connectivity index (χ2v) is 5.45. The number of rotatable bonds is 9. The Morgan fingerprint density at radius 1 is 1.29 bits per heavy atom. The molecule has 0 aliphatic heterocycles. The highest BCUT2D eigenvalue weighted by atomic mass is 16.5. The van der Waals surface area contributed by atoms with Gasteiger partial charge in [-0.3, -0.25) is 4.79 Å². The molecule has 0 amide bonds. The van der Waals surface area contributed by atoms with E-state index >= 15 is 0 Å². The van der Waals surface area contributed by atoms with Crippen molar-refractivity contribution in [1.29, 1.82) is 0 Å². The third kappa shape index (κ3) is 9.12. The summed E-state index contributed by atoms with van der Waals surface area (Å²) in [6.07, 6.45) is 3.98. The lowest BCUT2D eigenvalue weighted by molar-refractivity contribution is -0.140. The van der Waals surface area contributed by atoms with Crippen LogP contribution < -0.4 is 5.73 Å². The van der Waals surface area contributed by atoms with Crippen LogP contribution >= 0.6 is 0 Å². The van der Waals surface area contributed by atoms with Crippen molar-refractivity contribution in [2.24, 2.45) is 11.1 Å². The number of hydrogen-bond acceptors (Lipinski definition) is 4. The van der Waals surface area contributed by atoms with Crippen molar-refractivity contribution < 1.29 is 9.53 Å². The molecule has 0 spiro atoms. The molecule has 17 heavy (non-hydrogen) atoms. The zero-order valence-corrected chi connectivity index (χ0v) is 11.8. The molecule has 0 aliphatic rings. The summed E-state index contributed by atoms with van der Waals surface area (Å²) >= 11 is 0. The summed E-state index contributed by atoms with van der Waals surface area (Å²) in [7, 11) is 3.47.